The van der Waals surface area contributed by atoms with E-state index in [2.05, 4.69) is 75.8 Å². The van der Waals surface area contributed by atoms with E-state index in [1.807, 2.05) is 18.2 Å². The highest BCUT2D eigenvalue weighted by atomic mass is 16.5. The van der Waals surface area contributed by atoms with E-state index in [9.17, 15) is 0 Å². The first-order valence-corrected chi connectivity index (χ1v) is 9.84. The number of piperazine rings is 1. The van der Waals surface area contributed by atoms with E-state index < -0.39 is 0 Å². The Bertz CT molecular complexity index is 872. The van der Waals surface area contributed by atoms with Gasteiger partial charge >= 0.3 is 0 Å². The Morgan fingerprint density at radius 1 is 0.714 bits per heavy atom. The monoisotopic (exact) mass is 373 g/mol. The molecule has 0 aliphatic carbocycles. The maximum absolute atomic E-state index is 5.42. The molecule has 1 heterocycles. The maximum Gasteiger partial charge on any atom is 0.123 e. The fraction of sp³-hybridized carbons (Fsp3) is 0.250. The number of rotatable bonds is 6. The molecule has 1 saturated heterocycles. The van der Waals surface area contributed by atoms with Gasteiger partial charge in [0, 0.05) is 55.3 Å². The van der Waals surface area contributed by atoms with Gasteiger partial charge in [-0.2, -0.15) is 0 Å². The lowest BCUT2D eigenvalue weighted by molar-refractivity contribution is 0.410. The second kappa shape index (κ2) is 8.70. The van der Waals surface area contributed by atoms with Crippen molar-refractivity contribution in [2.24, 2.45) is 0 Å². The summed E-state index contributed by atoms with van der Waals surface area (Å²) < 4.78 is 5.42. The van der Waals surface area contributed by atoms with Crippen LogP contribution in [0.15, 0.2) is 78.9 Å². The molecule has 0 atom stereocenters. The van der Waals surface area contributed by atoms with Crippen molar-refractivity contribution in [1.29, 1.82) is 0 Å². The van der Waals surface area contributed by atoms with Crippen molar-refractivity contribution in [1.82, 2.24) is 0 Å². The number of methoxy groups -OCH3 is 1. The van der Waals surface area contributed by atoms with Gasteiger partial charge in [-0.05, 0) is 42.5 Å². The highest BCUT2D eigenvalue weighted by Gasteiger charge is 2.17. The molecule has 0 unspecified atom stereocenters. The Morgan fingerprint density at radius 3 is 1.93 bits per heavy atom. The summed E-state index contributed by atoms with van der Waals surface area (Å²) in [5, 5.41) is 3.49. The maximum atomic E-state index is 5.42. The van der Waals surface area contributed by atoms with Crippen LogP contribution in [-0.4, -0.2) is 33.3 Å². The van der Waals surface area contributed by atoms with Gasteiger partial charge < -0.3 is 19.9 Å². The summed E-state index contributed by atoms with van der Waals surface area (Å²) in [6.45, 7) is 4.94. The molecule has 0 bridgehead atoms. The summed E-state index contributed by atoms with van der Waals surface area (Å²) in [4.78, 5) is 4.92. The standard InChI is InChI=1S/C24H27N3O/c1-28-24-10-6-5-7-20(24)19-25-21-11-13-23(14-12-21)27-17-15-26(16-18-27)22-8-3-2-4-9-22/h2-14,25H,15-19H2,1H3. The van der Waals surface area contributed by atoms with Gasteiger partial charge in [0.15, 0.2) is 0 Å². The van der Waals surface area contributed by atoms with Gasteiger partial charge in [-0.3, -0.25) is 0 Å². The van der Waals surface area contributed by atoms with Crippen LogP contribution in [0.3, 0.4) is 0 Å². The van der Waals surface area contributed by atoms with Crippen LogP contribution in [0.25, 0.3) is 0 Å². The second-order valence-electron chi connectivity index (χ2n) is 7.02. The lowest BCUT2D eigenvalue weighted by Gasteiger charge is -2.37. The highest BCUT2D eigenvalue weighted by Crippen LogP contribution is 2.23. The SMILES string of the molecule is COc1ccccc1CNc1ccc(N2CCN(c3ccccc3)CC2)cc1. The van der Waals surface area contributed by atoms with Crippen LogP contribution in [0.2, 0.25) is 0 Å². The molecule has 4 rings (SSSR count). The van der Waals surface area contributed by atoms with Crippen molar-refractivity contribution in [2.45, 2.75) is 6.54 Å². The van der Waals surface area contributed by atoms with Crippen molar-refractivity contribution in [3.05, 3.63) is 84.4 Å². The Balaban J connectivity index is 1.32. The predicted octanol–water partition coefficient (Wildman–Crippen LogP) is 4.63. The first kappa shape index (κ1) is 18.2. The minimum atomic E-state index is 0.749. The summed E-state index contributed by atoms with van der Waals surface area (Å²) >= 11 is 0. The molecule has 1 aliphatic heterocycles. The number of ether oxygens (including phenoxy) is 1. The van der Waals surface area contributed by atoms with E-state index in [1.165, 1.54) is 11.4 Å². The van der Waals surface area contributed by atoms with Crippen LogP contribution in [0.1, 0.15) is 5.56 Å². The molecule has 0 aromatic heterocycles. The van der Waals surface area contributed by atoms with E-state index >= 15 is 0 Å². The molecule has 0 spiro atoms. The minimum absolute atomic E-state index is 0.749. The van der Waals surface area contributed by atoms with Gasteiger partial charge in [-0.1, -0.05) is 36.4 Å². The first-order chi connectivity index (χ1) is 13.8. The van der Waals surface area contributed by atoms with Gasteiger partial charge in [0.2, 0.25) is 0 Å². The number of nitrogens with zero attached hydrogens (tertiary/aromatic N) is 2. The van der Waals surface area contributed by atoms with Gasteiger partial charge in [0.1, 0.15) is 5.75 Å². The smallest absolute Gasteiger partial charge is 0.123 e. The highest BCUT2D eigenvalue weighted by molar-refractivity contribution is 5.57. The van der Waals surface area contributed by atoms with E-state index in [4.69, 9.17) is 4.74 Å². The van der Waals surface area contributed by atoms with Crippen LogP contribution < -0.4 is 19.9 Å². The fourth-order valence-corrected chi connectivity index (χ4v) is 3.70. The molecule has 0 saturated carbocycles. The van der Waals surface area contributed by atoms with Crippen molar-refractivity contribution >= 4 is 17.1 Å². The third kappa shape index (κ3) is 4.22. The molecule has 144 valence electrons. The van der Waals surface area contributed by atoms with Gasteiger partial charge in [-0.25, -0.2) is 0 Å². The van der Waals surface area contributed by atoms with Crippen LogP contribution in [0.5, 0.6) is 5.75 Å². The summed E-state index contributed by atoms with van der Waals surface area (Å²) in [6.07, 6.45) is 0. The molecule has 3 aromatic rings. The Hall–Kier alpha value is -3.14. The first-order valence-electron chi connectivity index (χ1n) is 9.84. The average Bonchev–Trinajstić information content (AvgIpc) is 2.79. The summed E-state index contributed by atoms with van der Waals surface area (Å²) in [6, 6.07) is 27.5. The molecular weight excluding hydrogens is 346 g/mol. The lowest BCUT2D eigenvalue weighted by atomic mass is 10.2. The minimum Gasteiger partial charge on any atom is -0.496 e. The largest absolute Gasteiger partial charge is 0.496 e. The third-order valence-corrected chi connectivity index (χ3v) is 5.31. The topological polar surface area (TPSA) is 27.7 Å². The van der Waals surface area contributed by atoms with E-state index in [0.29, 0.717) is 0 Å². The summed E-state index contributed by atoms with van der Waals surface area (Å²) in [7, 11) is 1.71. The number of anilines is 3. The zero-order valence-electron chi connectivity index (χ0n) is 16.3. The summed E-state index contributed by atoms with van der Waals surface area (Å²) in [5.74, 6) is 0.919. The predicted molar refractivity (Wildman–Crippen MR) is 118 cm³/mol. The van der Waals surface area contributed by atoms with Crippen LogP contribution >= 0.6 is 0 Å². The molecular formula is C24H27N3O. The zero-order valence-corrected chi connectivity index (χ0v) is 16.3. The van der Waals surface area contributed by atoms with Crippen LogP contribution in [0, 0.1) is 0 Å². The van der Waals surface area contributed by atoms with Gasteiger partial charge in [0.25, 0.3) is 0 Å². The number of para-hydroxylation sites is 2. The van der Waals surface area contributed by atoms with E-state index in [-0.39, 0.29) is 0 Å². The van der Waals surface area contributed by atoms with Crippen LogP contribution in [-0.2, 0) is 6.54 Å². The number of benzene rings is 3. The molecule has 28 heavy (non-hydrogen) atoms. The Labute approximate surface area is 167 Å². The lowest BCUT2D eigenvalue weighted by Crippen LogP contribution is -2.46. The molecule has 4 nitrogen and oxygen atoms in total. The third-order valence-electron chi connectivity index (χ3n) is 5.31. The molecule has 1 N–H and O–H groups in total. The average molecular weight is 374 g/mol. The molecule has 1 fully saturated rings. The zero-order chi connectivity index (χ0) is 19.2. The molecule has 0 radical (unpaired) electrons. The Kier molecular flexibility index (Phi) is 5.66. The number of hydrogen-bond donors (Lipinski definition) is 1. The number of hydrogen-bond acceptors (Lipinski definition) is 4. The van der Waals surface area contributed by atoms with Crippen molar-refractivity contribution in [3.8, 4) is 5.75 Å². The molecule has 0 amide bonds. The van der Waals surface area contributed by atoms with E-state index in [1.54, 1.807) is 7.11 Å². The molecule has 3 aromatic carbocycles. The quantitative estimate of drug-likeness (QED) is 0.682. The Morgan fingerprint density at radius 2 is 1.29 bits per heavy atom. The normalized spacial score (nSPS) is 14.0. The molecule has 4 heteroatoms. The van der Waals surface area contributed by atoms with Crippen LogP contribution in [0.4, 0.5) is 17.1 Å². The molecule has 1 aliphatic rings. The van der Waals surface area contributed by atoms with Crippen molar-refractivity contribution < 1.29 is 4.74 Å². The van der Waals surface area contributed by atoms with Crippen molar-refractivity contribution in [3.63, 3.8) is 0 Å². The van der Waals surface area contributed by atoms with Gasteiger partial charge in [-0.15, -0.1) is 0 Å². The second-order valence-corrected chi connectivity index (χ2v) is 7.02. The van der Waals surface area contributed by atoms with Gasteiger partial charge in [0.05, 0.1) is 7.11 Å². The fourth-order valence-electron chi connectivity index (χ4n) is 3.70. The van der Waals surface area contributed by atoms with E-state index in [0.717, 1.165) is 49.7 Å². The summed E-state index contributed by atoms with van der Waals surface area (Å²) in [5.41, 5.74) is 4.89. The number of nitrogens with one attached hydrogen (secondary N) is 1. The van der Waals surface area contributed by atoms with Crippen molar-refractivity contribution in [2.75, 3.05) is 48.4 Å².